The van der Waals surface area contributed by atoms with Crippen LogP contribution in [0, 0.1) is 0 Å². The molecule has 136 valence electrons. The molecule has 0 radical (unpaired) electrons. The first kappa shape index (κ1) is 18.0. The lowest BCUT2D eigenvalue weighted by Gasteiger charge is -2.21. The van der Waals surface area contributed by atoms with Gasteiger partial charge < -0.3 is 14.6 Å². The molecule has 2 atom stereocenters. The number of para-hydroxylation sites is 1. The predicted octanol–water partition coefficient (Wildman–Crippen LogP) is 2.30. The first-order chi connectivity index (χ1) is 12.4. The molecule has 1 unspecified atom stereocenters. The van der Waals surface area contributed by atoms with Gasteiger partial charge in [0.2, 0.25) is 0 Å². The minimum absolute atomic E-state index is 0.0516. The van der Waals surface area contributed by atoms with Crippen molar-refractivity contribution < 1.29 is 18.4 Å². The van der Waals surface area contributed by atoms with Crippen molar-refractivity contribution in [3.63, 3.8) is 0 Å². The summed E-state index contributed by atoms with van der Waals surface area (Å²) >= 11 is 0. The average molecular weight is 360 g/mol. The van der Waals surface area contributed by atoms with E-state index in [-0.39, 0.29) is 17.4 Å². The molecule has 1 aromatic heterocycles. The van der Waals surface area contributed by atoms with Gasteiger partial charge in [0.15, 0.2) is 5.82 Å². The summed E-state index contributed by atoms with van der Waals surface area (Å²) in [6.45, 7) is -0.200. The van der Waals surface area contributed by atoms with Crippen LogP contribution in [0.1, 0.15) is 24.4 Å². The lowest BCUT2D eigenvalue weighted by molar-refractivity contribution is -0.924. The van der Waals surface area contributed by atoms with Crippen LogP contribution in [-0.4, -0.2) is 23.6 Å². The zero-order valence-electron chi connectivity index (χ0n) is 14.5. The van der Waals surface area contributed by atoms with E-state index >= 15 is 0 Å². The topological polar surface area (TPSA) is 59.4 Å². The number of H-pyrrole nitrogens is 1. The van der Waals surface area contributed by atoms with Crippen LogP contribution in [0.5, 0.6) is 5.75 Å². The molecule has 2 N–H and O–H groups in total. The first-order valence-electron chi connectivity index (χ1n) is 8.29. The van der Waals surface area contributed by atoms with E-state index in [4.69, 9.17) is 0 Å². The van der Waals surface area contributed by atoms with Gasteiger partial charge in [0, 0.05) is 5.56 Å². The molecular formula is C19H20F2N3O2+. The van der Waals surface area contributed by atoms with Crippen LogP contribution in [0.4, 0.5) is 8.78 Å². The number of nitrogens with zero attached hydrogens (tertiary/aromatic N) is 1. The minimum atomic E-state index is -2.83. The third kappa shape index (κ3) is 4.05. The minimum Gasteiger partial charge on any atom is -0.435 e. The fourth-order valence-electron chi connectivity index (χ4n) is 2.81. The Hall–Kier alpha value is -2.80. The summed E-state index contributed by atoms with van der Waals surface area (Å²) in [6, 6.07) is 13.7. The highest BCUT2D eigenvalue weighted by Gasteiger charge is 2.19. The maximum absolute atomic E-state index is 12.2. The normalized spacial score (nSPS) is 13.7. The van der Waals surface area contributed by atoms with E-state index in [0.717, 1.165) is 10.5 Å². The summed E-state index contributed by atoms with van der Waals surface area (Å²) in [5.41, 5.74) is 1.48. The lowest BCUT2D eigenvalue weighted by Crippen LogP contribution is -3.07. The second-order valence-corrected chi connectivity index (χ2v) is 6.24. The summed E-state index contributed by atoms with van der Waals surface area (Å²) < 4.78 is 28.8. The fraction of sp³-hybridized carbons (Fsp3) is 0.263. The Bertz CT molecular complexity index is 941. The molecule has 3 rings (SSSR count). The Morgan fingerprint density at radius 3 is 2.54 bits per heavy atom. The smallest absolute Gasteiger partial charge is 0.387 e. The van der Waals surface area contributed by atoms with Crippen molar-refractivity contribution in [3.8, 4) is 5.75 Å². The van der Waals surface area contributed by atoms with Crippen molar-refractivity contribution in [3.05, 3.63) is 70.3 Å². The van der Waals surface area contributed by atoms with E-state index in [9.17, 15) is 13.6 Å². The number of hydrogen-bond acceptors (Lipinski definition) is 3. The number of alkyl halides is 2. The number of quaternary nitrogens is 1. The molecular weight excluding hydrogens is 340 g/mol. The molecule has 0 saturated carbocycles. The van der Waals surface area contributed by atoms with E-state index in [1.807, 2.05) is 26.1 Å². The fourth-order valence-corrected chi connectivity index (χ4v) is 2.81. The molecule has 7 heteroatoms. The van der Waals surface area contributed by atoms with Crippen molar-refractivity contribution in [2.24, 2.45) is 0 Å². The Labute approximate surface area is 149 Å². The molecule has 5 nitrogen and oxygen atoms in total. The average Bonchev–Trinajstić information content (AvgIpc) is 2.62. The largest absolute Gasteiger partial charge is 0.435 e. The van der Waals surface area contributed by atoms with Gasteiger partial charge in [-0.25, -0.2) is 4.98 Å². The second kappa shape index (κ2) is 7.61. The standard InChI is InChI=1S/C19H19F2N3O2/c1-12(17-22-16-6-4-3-5-15(16)18(25)23-17)24(2)11-13-7-9-14(10-8-13)26-19(20)21/h3-10,12,19H,11H2,1-2H3,(H,22,23,25)/p+1/t12-/m1/s1. The van der Waals surface area contributed by atoms with E-state index in [1.54, 1.807) is 24.3 Å². The van der Waals surface area contributed by atoms with Crippen LogP contribution in [0.15, 0.2) is 53.3 Å². The van der Waals surface area contributed by atoms with E-state index < -0.39 is 6.61 Å². The summed E-state index contributed by atoms with van der Waals surface area (Å²) in [4.78, 5) is 20.8. The molecule has 0 amide bonds. The number of fused-ring (bicyclic) bond motifs is 1. The van der Waals surface area contributed by atoms with E-state index in [1.165, 1.54) is 12.1 Å². The van der Waals surface area contributed by atoms with Gasteiger partial charge in [-0.2, -0.15) is 8.78 Å². The Balaban J connectivity index is 1.75. The molecule has 0 aliphatic carbocycles. The van der Waals surface area contributed by atoms with Crippen LogP contribution in [0.25, 0.3) is 10.9 Å². The third-order valence-corrected chi connectivity index (χ3v) is 4.41. The summed E-state index contributed by atoms with van der Waals surface area (Å²) in [7, 11) is 1.99. The van der Waals surface area contributed by atoms with Crippen LogP contribution in [0.2, 0.25) is 0 Å². The lowest BCUT2D eigenvalue weighted by atomic mass is 10.1. The van der Waals surface area contributed by atoms with Gasteiger partial charge in [-0.05, 0) is 43.3 Å². The number of benzene rings is 2. The van der Waals surface area contributed by atoms with E-state index in [0.29, 0.717) is 23.3 Å². The number of aromatic nitrogens is 2. The quantitative estimate of drug-likeness (QED) is 0.709. The molecule has 0 saturated heterocycles. The van der Waals surface area contributed by atoms with Gasteiger partial charge in [-0.3, -0.25) is 4.79 Å². The van der Waals surface area contributed by atoms with Crippen molar-refractivity contribution in [1.82, 2.24) is 9.97 Å². The molecule has 2 aromatic carbocycles. The summed E-state index contributed by atoms with van der Waals surface area (Å²) in [5, 5.41) is 0.565. The zero-order valence-corrected chi connectivity index (χ0v) is 14.5. The Morgan fingerprint density at radius 1 is 1.15 bits per heavy atom. The Kier molecular flexibility index (Phi) is 5.27. The van der Waals surface area contributed by atoms with Crippen LogP contribution in [-0.2, 0) is 6.54 Å². The van der Waals surface area contributed by atoms with Crippen molar-refractivity contribution in [2.45, 2.75) is 26.1 Å². The van der Waals surface area contributed by atoms with Gasteiger partial charge in [-0.1, -0.05) is 12.1 Å². The zero-order chi connectivity index (χ0) is 18.7. The van der Waals surface area contributed by atoms with Crippen LogP contribution in [0.3, 0.4) is 0 Å². The predicted molar refractivity (Wildman–Crippen MR) is 94.4 cm³/mol. The van der Waals surface area contributed by atoms with Crippen molar-refractivity contribution >= 4 is 10.9 Å². The number of ether oxygens (including phenoxy) is 1. The number of halogens is 2. The highest BCUT2D eigenvalue weighted by molar-refractivity contribution is 5.77. The molecule has 0 aliphatic heterocycles. The van der Waals surface area contributed by atoms with Gasteiger partial charge in [0.1, 0.15) is 18.3 Å². The number of hydrogen-bond donors (Lipinski definition) is 2. The third-order valence-electron chi connectivity index (χ3n) is 4.41. The SMILES string of the molecule is C[C@H](c1nc2ccccc2c(=O)[nH]1)[NH+](C)Cc1ccc(OC(F)F)cc1. The molecule has 0 fully saturated rings. The second-order valence-electron chi connectivity index (χ2n) is 6.24. The molecule has 0 bridgehead atoms. The first-order valence-corrected chi connectivity index (χ1v) is 8.29. The molecule has 1 heterocycles. The van der Waals surface area contributed by atoms with Crippen molar-refractivity contribution in [2.75, 3.05) is 7.05 Å². The summed E-state index contributed by atoms with van der Waals surface area (Å²) in [6.07, 6.45) is 0. The highest BCUT2D eigenvalue weighted by atomic mass is 19.3. The van der Waals surface area contributed by atoms with Gasteiger partial charge in [-0.15, -0.1) is 0 Å². The maximum Gasteiger partial charge on any atom is 0.387 e. The molecule has 0 spiro atoms. The molecule has 26 heavy (non-hydrogen) atoms. The highest BCUT2D eigenvalue weighted by Crippen LogP contribution is 2.15. The summed E-state index contributed by atoms with van der Waals surface area (Å²) in [5.74, 6) is 0.749. The number of nitrogens with one attached hydrogen (secondary N) is 2. The van der Waals surface area contributed by atoms with Gasteiger partial charge in [0.25, 0.3) is 5.56 Å². The van der Waals surface area contributed by atoms with Crippen LogP contribution >= 0.6 is 0 Å². The van der Waals surface area contributed by atoms with Crippen molar-refractivity contribution in [1.29, 1.82) is 0 Å². The van der Waals surface area contributed by atoms with E-state index in [2.05, 4.69) is 14.7 Å². The molecule has 0 aliphatic rings. The van der Waals surface area contributed by atoms with Crippen LogP contribution < -0.4 is 15.2 Å². The number of rotatable bonds is 6. The van der Waals surface area contributed by atoms with Gasteiger partial charge in [0.05, 0.1) is 18.0 Å². The monoisotopic (exact) mass is 360 g/mol. The maximum atomic E-state index is 12.2. The molecule has 3 aromatic rings. The number of aromatic amines is 1. The Morgan fingerprint density at radius 2 is 1.85 bits per heavy atom. The van der Waals surface area contributed by atoms with Gasteiger partial charge >= 0.3 is 6.61 Å².